The zero-order valence-corrected chi connectivity index (χ0v) is 10.7. The molecule has 0 saturated heterocycles. The van der Waals surface area contributed by atoms with Crippen molar-refractivity contribution in [3.05, 3.63) is 17.2 Å². The molecule has 1 N–H and O–H groups in total. The summed E-state index contributed by atoms with van der Waals surface area (Å²) < 4.78 is 1.95. The van der Waals surface area contributed by atoms with E-state index in [2.05, 4.69) is 4.98 Å². The van der Waals surface area contributed by atoms with Crippen molar-refractivity contribution >= 4 is 5.97 Å². The van der Waals surface area contributed by atoms with E-state index in [9.17, 15) is 9.90 Å². The lowest BCUT2D eigenvalue weighted by Crippen LogP contribution is -2.16. The van der Waals surface area contributed by atoms with Gasteiger partial charge in [0.15, 0.2) is 0 Å². The van der Waals surface area contributed by atoms with Gasteiger partial charge in [-0.3, -0.25) is 0 Å². The molecule has 98 valence electrons. The molecule has 18 heavy (non-hydrogen) atoms. The van der Waals surface area contributed by atoms with Crippen LogP contribution in [-0.2, 0) is 13.0 Å². The van der Waals surface area contributed by atoms with E-state index in [1.165, 1.54) is 44.2 Å². The van der Waals surface area contributed by atoms with Gasteiger partial charge in [0.05, 0.1) is 5.69 Å². The number of hydrogen-bond acceptors (Lipinski definition) is 2. The standard InChI is InChI=1S/C14H20N2O2/c17-14(18)13-15-12(10-6-2-1-3-7-10)11-8-4-5-9-16(11)13/h10H,1-9H2,(H,17,18). The van der Waals surface area contributed by atoms with Crippen LogP contribution in [0.5, 0.6) is 0 Å². The monoisotopic (exact) mass is 248 g/mol. The van der Waals surface area contributed by atoms with Crippen molar-refractivity contribution in [3.63, 3.8) is 0 Å². The Kier molecular flexibility index (Phi) is 3.10. The normalized spacial score (nSPS) is 20.7. The predicted octanol–water partition coefficient (Wildman–Crippen LogP) is 2.97. The van der Waals surface area contributed by atoms with Crippen molar-refractivity contribution in [1.29, 1.82) is 0 Å². The van der Waals surface area contributed by atoms with Crippen LogP contribution >= 0.6 is 0 Å². The van der Waals surface area contributed by atoms with Crippen molar-refractivity contribution in [3.8, 4) is 0 Å². The van der Waals surface area contributed by atoms with Crippen molar-refractivity contribution in [2.24, 2.45) is 0 Å². The molecule has 2 heterocycles. The van der Waals surface area contributed by atoms with Crippen molar-refractivity contribution < 1.29 is 9.90 Å². The number of fused-ring (bicyclic) bond motifs is 1. The highest BCUT2D eigenvalue weighted by Crippen LogP contribution is 2.35. The summed E-state index contributed by atoms with van der Waals surface area (Å²) in [6.45, 7) is 0.830. The van der Waals surface area contributed by atoms with E-state index in [1.54, 1.807) is 0 Å². The maximum absolute atomic E-state index is 11.3. The average molecular weight is 248 g/mol. The minimum absolute atomic E-state index is 0.269. The molecule has 0 atom stereocenters. The number of rotatable bonds is 2. The molecule has 1 saturated carbocycles. The summed E-state index contributed by atoms with van der Waals surface area (Å²) in [5.41, 5.74) is 2.32. The number of carboxylic acid groups (broad SMARTS) is 1. The van der Waals surface area contributed by atoms with Gasteiger partial charge in [-0.1, -0.05) is 19.3 Å². The zero-order chi connectivity index (χ0) is 12.5. The number of carboxylic acids is 1. The highest BCUT2D eigenvalue weighted by molar-refractivity contribution is 5.84. The molecular formula is C14H20N2O2. The van der Waals surface area contributed by atoms with Crippen molar-refractivity contribution in [2.75, 3.05) is 0 Å². The minimum Gasteiger partial charge on any atom is -0.475 e. The van der Waals surface area contributed by atoms with Crippen LogP contribution in [0.15, 0.2) is 0 Å². The topological polar surface area (TPSA) is 55.1 Å². The Morgan fingerprint density at radius 3 is 2.67 bits per heavy atom. The molecule has 0 aromatic carbocycles. The van der Waals surface area contributed by atoms with Gasteiger partial charge in [-0.25, -0.2) is 9.78 Å². The van der Waals surface area contributed by atoms with Crippen LogP contribution in [0.1, 0.15) is 72.9 Å². The van der Waals surface area contributed by atoms with Gasteiger partial charge >= 0.3 is 5.97 Å². The van der Waals surface area contributed by atoms with Gasteiger partial charge in [-0.15, -0.1) is 0 Å². The molecule has 0 radical (unpaired) electrons. The second kappa shape index (κ2) is 4.75. The molecular weight excluding hydrogens is 228 g/mol. The molecule has 0 amide bonds. The maximum atomic E-state index is 11.3. The Hall–Kier alpha value is -1.32. The lowest BCUT2D eigenvalue weighted by molar-refractivity contribution is 0.0676. The maximum Gasteiger partial charge on any atom is 0.372 e. The first-order valence-electron chi connectivity index (χ1n) is 7.10. The van der Waals surface area contributed by atoms with Gasteiger partial charge in [-0.2, -0.15) is 0 Å². The van der Waals surface area contributed by atoms with Crippen LogP contribution < -0.4 is 0 Å². The molecule has 1 aromatic heterocycles. The van der Waals surface area contributed by atoms with Crippen LogP contribution in [0.25, 0.3) is 0 Å². The second-order valence-electron chi connectivity index (χ2n) is 5.52. The lowest BCUT2D eigenvalue weighted by Gasteiger charge is -2.23. The number of hydrogen-bond donors (Lipinski definition) is 1. The van der Waals surface area contributed by atoms with Crippen molar-refractivity contribution in [1.82, 2.24) is 9.55 Å². The van der Waals surface area contributed by atoms with Gasteiger partial charge in [0.1, 0.15) is 0 Å². The molecule has 4 heteroatoms. The number of aromatic carboxylic acids is 1. The first-order chi connectivity index (χ1) is 8.77. The van der Waals surface area contributed by atoms with Crippen LogP contribution in [0.3, 0.4) is 0 Å². The summed E-state index contributed by atoms with van der Waals surface area (Å²) in [6.07, 6.45) is 9.47. The average Bonchev–Trinajstić information content (AvgIpc) is 2.79. The van der Waals surface area contributed by atoms with E-state index < -0.39 is 5.97 Å². The summed E-state index contributed by atoms with van der Waals surface area (Å²) in [5.74, 6) is -0.100. The van der Waals surface area contributed by atoms with E-state index in [4.69, 9.17) is 0 Å². The van der Waals surface area contributed by atoms with E-state index in [0.29, 0.717) is 5.92 Å². The molecule has 1 aliphatic carbocycles. The molecule has 0 spiro atoms. The lowest BCUT2D eigenvalue weighted by atomic mass is 9.85. The highest BCUT2D eigenvalue weighted by Gasteiger charge is 2.28. The molecule has 1 aromatic rings. The largest absolute Gasteiger partial charge is 0.475 e. The molecule has 0 bridgehead atoms. The van der Waals surface area contributed by atoms with E-state index in [1.807, 2.05) is 4.57 Å². The molecule has 1 fully saturated rings. The summed E-state index contributed by atoms with van der Waals surface area (Å²) in [4.78, 5) is 15.8. The number of carbonyl (C=O) groups is 1. The number of aromatic nitrogens is 2. The Bertz CT molecular complexity index is 459. The van der Waals surface area contributed by atoms with Crippen LogP contribution in [0.2, 0.25) is 0 Å². The summed E-state index contributed by atoms with van der Waals surface area (Å²) >= 11 is 0. The molecule has 1 aliphatic heterocycles. The Morgan fingerprint density at radius 2 is 1.94 bits per heavy atom. The van der Waals surface area contributed by atoms with Crippen molar-refractivity contribution in [2.45, 2.75) is 63.8 Å². The highest BCUT2D eigenvalue weighted by atomic mass is 16.4. The van der Waals surface area contributed by atoms with E-state index in [-0.39, 0.29) is 5.82 Å². The quantitative estimate of drug-likeness (QED) is 0.875. The third kappa shape index (κ3) is 1.93. The summed E-state index contributed by atoms with van der Waals surface area (Å²) in [5, 5.41) is 9.27. The van der Waals surface area contributed by atoms with Gasteiger partial charge in [-0.05, 0) is 32.1 Å². The first kappa shape index (κ1) is 11.8. The van der Waals surface area contributed by atoms with Gasteiger partial charge < -0.3 is 9.67 Å². The third-order valence-electron chi connectivity index (χ3n) is 4.33. The fraction of sp³-hybridized carbons (Fsp3) is 0.714. The molecule has 0 unspecified atom stereocenters. The van der Waals surface area contributed by atoms with Crippen LogP contribution in [0, 0.1) is 0 Å². The van der Waals surface area contributed by atoms with Gasteiger partial charge in [0.25, 0.3) is 0 Å². The Balaban J connectivity index is 2.00. The van der Waals surface area contributed by atoms with E-state index in [0.717, 1.165) is 25.1 Å². The Morgan fingerprint density at radius 1 is 1.17 bits per heavy atom. The molecule has 2 aliphatic rings. The fourth-order valence-electron chi connectivity index (χ4n) is 3.44. The first-order valence-corrected chi connectivity index (χ1v) is 7.10. The SMILES string of the molecule is O=C(O)c1nc(C2CCCCC2)c2n1CCCC2. The Labute approximate surface area is 107 Å². The van der Waals surface area contributed by atoms with Gasteiger partial charge in [0, 0.05) is 18.2 Å². The number of imidazole rings is 1. The van der Waals surface area contributed by atoms with Crippen LogP contribution in [0.4, 0.5) is 0 Å². The fourth-order valence-corrected chi connectivity index (χ4v) is 3.44. The minimum atomic E-state index is -0.875. The summed E-state index contributed by atoms with van der Waals surface area (Å²) in [7, 11) is 0. The summed E-state index contributed by atoms with van der Waals surface area (Å²) in [6, 6.07) is 0. The van der Waals surface area contributed by atoms with Crippen LogP contribution in [-0.4, -0.2) is 20.6 Å². The van der Waals surface area contributed by atoms with E-state index >= 15 is 0 Å². The second-order valence-corrected chi connectivity index (χ2v) is 5.52. The predicted molar refractivity (Wildman–Crippen MR) is 68.0 cm³/mol. The third-order valence-corrected chi connectivity index (χ3v) is 4.33. The smallest absolute Gasteiger partial charge is 0.372 e. The number of nitrogens with zero attached hydrogens (tertiary/aromatic N) is 2. The van der Waals surface area contributed by atoms with Gasteiger partial charge in [0.2, 0.25) is 5.82 Å². The zero-order valence-electron chi connectivity index (χ0n) is 10.7. The molecule has 3 rings (SSSR count). The molecule has 4 nitrogen and oxygen atoms in total.